The normalized spacial score (nSPS) is 27.0. The lowest BCUT2D eigenvalue weighted by Gasteiger charge is -2.38. The molecule has 8 nitrogen and oxygen atoms in total. The highest BCUT2D eigenvalue weighted by atomic mass is 16.7. The number of amides is 1. The fraction of sp³-hybridized carbons (Fsp3) is 0.708. The molecule has 3 fully saturated rings. The molecule has 1 saturated carbocycles. The minimum Gasteiger partial charge on any atom is -0.454 e. The molecule has 176 valence electrons. The van der Waals surface area contributed by atoms with Gasteiger partial charge >= 0.3 is 6.09 Å². The second-order valence-corrected chi connectivity index (χ2v) is 9.82. The predicted molar refractivity (Wildman–Crippen MR) is 120 cm³/mol. The van der Waals surface area contributed by atoms with Crippen molar-refractivity contribution in [2.75, 3.05) is 57.6 Å². The van der Waals surface area contributed by atoms with Gasteiger partial charge in [-0.1, -0.05) is 6.07 Å². The Hall–Kier alpha value is -2.19. The van der Waals surface area contributed by atoms with Crippen LogP contribution in [0, 0.1) is 5.92 Å². The van der Waals surface area contributed by atoms with Crippen molar-refractivity contribution >= 4 is 11.8 Å². The fourth-order valence-electron chi connectivity index (χ4n) is 5.21. The average Bonchev–Trinajstić information content (AvgIpc) is 3.27. The van der Waals surface area contributed by atoms with E-state index < -0.39 is 5.60 Å². The number of alkyl carbamates (subject to hydrolysis) is 1. The number of nitrogens with one attached hydrogen (secondary N) is 1. The summed E-state index contributed by atoms with van der Waals surface area (Å²) >= 11 is 0. The van der Waals surface area contributed by atoms with Crippen LogP contribution in [0.1, 0.15) is 39.0 Å². The number of carbonyl (C=O) groups excluding carboxylic acids is 1. The third-order valence-corrected chi connectivity index (χ3v) is 7.26. The van der Waals surface area contributed by atoms with Crippen molar-refractivity contribution in [2.45, 2.75) is 50.7 Å². The maximum Gasteiger partial charge on any atom is 0.408 e. The topological polar surface area (TPSA) is 72.5 Å². The van der Waals surface area contributed by atoms with Crippen molar-refractivity contribution in [3.63, 3.8) is 0 Å². The molecule has 1 aliphatic carbocycles. The standard InChI is InChI=1S/C24H35N3O5/c1-24(15-29-16-24)32-23(28)25-19-7-5-18(6-8-19)9-10-26-11-13-27(14-12-26)20-3-2-4-21-22(20)31-17-30-21/h2-4,18-19H,5-17H2,1H3,(H,25,28)/t18-,19-. The molecule has 3 heterocycles. The Morgan fingerprint density at radius 1 is 1.12 bits per heavy atom. The van der Waals surface area contributed by atoms with Gasteiger partial charge in [-0.15, -0.1) is 0 Å². The first-order valence-electron chi connectivity index (χ1n) is 12.0. The quantitative estimate of drug-likeness (QED) is 0.722. The smallest absolute Gasteiger partial charge is 0.408 e. The van der Waals surface area contributed by atoms with Gasteiger partial charge in [0.05, 0.1) is 18.9 Å². The predicted octanol–water partition coefficient (Wildman–Crippen LogP) is 3.00. The number of hydrogen-bond donors (Lipinski definition) is 1. The van der Waals surface area contributed by atoms with Crippen molar-refractivity contribution in [1.29, 1.82) is 0 Å². The van der Waals surface area contributed by atoms with Crippen molar-refractivity contribution in [3.05, 3.63) is 18.2 Å². The molecule has 8 heteroatoms. The van der Waals surface area contributed by atoms with E-state index in [1.807, 2.05) is 19.1 Å². The van der Waals surface area contributed by atoms with Gasteiger partial charge in [-0.25, -0.2) is 4.79 Å². The molecule has 0 radical (unpaired) electrons. The first kappa shape index (κ1) is 21.6. The lowest BCUT2D eigenvalue weighted by atomic mass is 9.84. The van der Waals surface area contributed by atoms with Crippen LogP contribution in [0.3, 0.4) is 0 Å². The number of hydrogen-bond acceptors (Lipinski definition) is 7. The number of ether oxygens (including phenoxy) is 4. The van der Waals surface area contributed by atoms with E-state index in [4.69, 9.17) is 18.9 Å². The SMILES string of the molecule is CC1(OC(=O)N[C@H]2CC[C@H](CCN3CCN(c4cccc5c4OCO5)CC3)CC2)COC1. The van der Waals surface area contributed by atoms with E-state index in [0.29, 0.717) is 20.0 Å². The first-order valence-corrected chi connectivity index (χ1v) is 12.0. The van der Waals surface area contributed by atoms with E-state index in [-0.39, 0.29) is 12.1 Å². The highest BCUT2D eigenvalue weighted by molar-refractivity contribution is 5.68. The summed E-state index contributed by atoms with van der Waals surface area (Å²) < 4.78 is 21.8. The minimum absolute atomic E-state index is 0.241. The Kier molecular flexibility index (Phi) is 6.33. The zero-order chi connectivity index (χ0) is 22.0. The lowest BCUT2D eigenvalue weighted by Crippen LogP contribution is -2.53. The highest BCUT2D eigenvalue weighted by Gasteiger charge is 2.38. The van der Waals surface area contributed by atoms with Crippen molar-refractivity contribution in [2.24, 2.45) is 5.92 Å². The molecule has 3 aliphatic heterocycles. The summed E-state index contributed by atoms with van der Waals surface area (Å²) in [6.45, 7) is 8.58. The van der Waals surface area contributed by atoms with Gasteiger partial charge in [0.1, 0.15) is 0 Å². The monoisotopic (exact) mass is 445 g/mol. The molecule has 1 amide bonds. The summed E-state index contributed by atoms with van der Waals surface area (Å²) in [4.78, 5) is 17.1. The molecule has 2 saturated heterocycles. The molecule has 1 aromatic rings. The third-order valence-electron chi connectivity index (χ3n) is 7.26. The molecule has 0 atom stereocenters. The minimum atomic E-state index is -0.438. The number of carbonyl (C=O) groups is 1. The van der Waals surface area contributed by atoms with Crippen LogP contribution in [0.2, 0.25) is 0 Å². The van der Waals surface area contributed by atoms with E-state index in [1.165, 1.54) is 19.3 Å². The maximum absolute atomic E-state index is 12.1. The van der Waals surface area contributed by atoms with Gasteiger partial charge < -0.3 is 29.2 Å². The lowest BCUT2D eigenvalue weighted by molar-refractivity contribution is -0.167. The Morgan fingerprint density at radius 2 is 1.91 bits per heavy atom. The summed E-state index contributed by atoms with van der Waals surface area (Å²) in [5.41, 5.74) is 0.718. The fourth-order valence-corrected chi connectivity index (χ4v) is 5.21. The molecule has 5 rings (SSSR count). The number of piperazine rings is 1. The van der Waals surface area contributed by atoms with Crippen LogP contribution in [-0.2, 0) is 9.47 Å². The Bertz CT molecular complexity index is 799. The molecule has 0 bridgehead atoms. The van der Waals surface area contributed by atoms with Crippen molar-refractivity contribution in [3.8, 4) is 11.5 Å². The number of benzene rings is 1. The molecule has 32 heavy (non-hydrogen) atoms. The molecule has 1 aromatic carbocycles. The number of nitrogens with zero attached hydrogens (tertiary/aromatic N) is 2. The molecule has 4 aliphatic rings. The average molecular weight is 446 g/mol. The van der Waals surface area contributed by atoms with Gasteiger partial charge in [-0.2, -0.15) is 0 Å². The second-order valence-electron chi connectivity index (χ2n) is 9.82. The van der Waals surface area contributed by atoms with E-state index in [0.717, 1.165) is 68.7 Å². The van der Waals surface area contributed by atoms with Crippen LogP contribution in [0.4, 0.5) is 10.5 Å². The highest BCUT2D eigenvalue weighted by Crippen LogP contribution is 2.41. The summed E-state index contributed by atoms with van der Waals surface area (Å²) in [6.07, 6.45) is 5.39. The number of para-hydroxylation sites is 1. The number of fused-ring (bicyclic) bond motifs is 1. The van der Waals surface area contributed by atoms with Gasteiger partial charge in [0.25, 0.3) is 0 Å². The van der Waals surface area contributed by atoms with Gasteiger partial charge in [-0.3, -0.25) is 4.90 Å². The first-order chi connectivity index (χ1) is 15.6. The molecule has 0 spiro atoms. The summed E-state index contributed by atoms with van der Waals surface area (Å²) in [7, 11) is 0. The zero-order valence-electron chi connectivity index (χ0n) is 19.0. The van der Waals surface area contributed by atoms with Crippen LogP contribution >= 0.6 is 0 Å². The molecule has 1 N–H and O–H groups in total. The van der Waals surface area contributed by atoms with Crippen LogP contribution in [0.15, 0.2) is 18.2 Å². The van der Waals surface area contributed by atoms with Gasteiger partial charge in [0.15, 0.2) is 17.1 Å². The summed E-state index contributed by atoms with van der Waals surface area (Å²) in [5.74, 6) is 2.50. The van der Waals surface area contributed by atoms with Crippen molar-refractivity contribution < 1.29 is 23.7 Å². The Balaban J connectivity index is 0.995. The van der Waals surface area contributed by atoms with Gasteiger partial charge in [0, 0.05) is 32.2 Å². The summed E-state index contributed by atoms with van der Waals surface area (Å²) in [5, 5.41) is 3.06. The van der Waals surface area contributed by atoms with Crippen LogP contribution in [-0.4, -0.2) is 75.4 Å². The van der Waals surface area contributed by atoms with E-state index in [2.05, 4.69) is 21.2 Å². The van der Waals surface area contributed by atoms with Crippen LogP contribution < -0.4 is 19.7 Å². The molecular formula is C24H35N3O5. The van der Waals surface area contributed by atoms with Crippen molar-refractivity contribution in [1.82, 2.24) is 10.2 Å². The van der Waals surface area contributed by atoms with E-state index in [1.54, 1.807) is 0 Å². The maximum atomic E-state index is 12.1. The van der Waals surface area contributed by atoms with E-state index in [9.17, 15) is 4.79 Å². The molecular weight excluding hydrogens is 410 g/mol. The third kappa shape index (κ3) is 4.91. The van der Waals surface area contributed by atoms with Gasteiger partial charge in [0.2, 0.25) is 6.79 Å². The Labute approximate surface area is 190 Å². The van der Waals surface area contributed by atoms with Crippen LogP contribution in [0.25, 0.3) is 0 Å². The Morgan fingerprint density at radius 3 is 2.62 bits per heavy atom. The van der Waals surface area contributed by atoms with Gasteiger partial charge in [-0.05, 0) is 63.6 Å². The molecule has 0 aromatic heterocycles. The second kappa shape index (κ2) is 9.35. The summed E-state index contributed by atoms with van der Waals surface area (Å²) in [6, 6.07) is 6.39. The van der Waals surface area contributed by atoms with Crippen LogP contribution in [0.5, 0.6) is 11.5 Å². The zero-order valence-corrected chi connectivity index (χ0v) is 19.0. The molecule has 0 unspecified atom stereocenters. The van der Waals surface area contributed by atoms with E-state index >= 15 is 0 Å². The number of rotatable bonds is 6. The number of anilines is 1. The largest absolute Gasteiger partial charge is 0.454 e.